The number of benzene rings is 2. The van der Waals surface area contributed by atoms with E-state index in [0.717, 1.165) is 30.0 Å². The molecule has 0 aliphatic heterocycles. The van der Waals surface area contributed by atoms with Crippen LogP contribution in [-0.4, -0.2) is 38.6 Å². The van der Waals surface area contributed by atoms with Crippen LogP contribution in [0, 0.1) is 15.9 Å². The maximum atomic E-state index is 13.8. The van der Waals surface area contributed by atoms with Gasteiger partial charge in [0.25, 0.3) is 5.69 Å². The standard InChI is InChI=1S/C17H15FN6O4S/c1-28-12-5-2-10(3-6-12)16-21-22-17(23(16)19)29-9-15(25)20-14-8-11(24(26)27)4-7-13(14)18/h2-8H,9,19H2,1H3,(H,20,25). The first-order valence-corrected chi connectivity index (χ1v) is 9.09. The molecule has 0 aliphatic rings. The van der Waals surface area contributed by atoms with Gasteiger partial charge in [0.15, 0.2) is 5.82 Å². The van der Waals surface area contributed by atoms with E-state index in [-0.39, 0.29) is 22.3 Å². The van der Waals surface area contributed by atoms with E-state index in [1.165, 1.54) is 4.68 Å². The topological polar surface area (TPSA) is 138 Å². The summed E-state index contributed by atoms with van der Waals surface area (Å²) < 4.78 is 20.1. The van der Waals surface area contributed by atoms with E-state index in [4.69, 9.17) is 10.6 Å². The molecule has 0 unspecified atom stereocenters. The van der Waals surface area contributed by atoms with E-state index >= 15 is 0 Å². The third-order valence-electron chi connectivity index (χ3n) is 3.78. The number of rotatable bonds is 7. The number of nitrogens with two attached hydrogens (primary N) is 1. The second-order valence-corrected chi connectivity index (χ2v) is 6.61. The van der Waals surface area contributed by atoms with Crippen LogP contribution in [0.1, 0.15) is 0 Å². The number of methoxy groups -OCH3 is 1. The van der Waals surface area contributed by atoms with Crippen LogP contribution in [0.3, 0.4) is 0 Å². The molecule has 0 atom stereocenters. The Labute approximate surface area is 168 Å². The fraction of sp³-hybridized carbons (Fsp3) is 0.118. The number of nitrogens with one attached hydrogen (secondary N) is 1. The number of non-ortho nitro benzene ring substituents is 1. The third-order valence-corrected chi connectivity index (χ3v) is 4.72. The number of hydrogen-bond donors (Lipinski definition) is 2. The monoisotopic (exact) mass is 418 g/mol. The molecular weight excluding hydrogens is 403 g/mol. The lowest BCUT2D eigenvalue weighted by Gasteiger charge is -2.07. The lowest BCUT2D eigenvalue weighted by molar-refractivity contribution is -0.384. The Kier molecular flexibility index (Phi) is 5.93. The summed E-state index contributed by atoms with van der Waals surface area (Å²) in [7, 11) is 1.56. The maximum Gasteiger partial charge on any atom is 0.271 e. The molecule has 10 nitrogen and oxygen atoms in total. The highest BCUT2D eigenvalue weighted by Crippen LogP contribution is 2.25. The number of halogens is 1. The summed E-state index contributed by atoms with van der Waals surface area (Å²) >= 11 is 0.985. The van der Waals surface area contributed by atoms with Gasteiger partial charge < -0.3 is 15.9 Å². The summed E-state index contributed by atoms with van der Waals surface area (Å²) in [6.07, 6.45) is 0. The number of hydrogen-bond acceptors (Lipinski definition) is 8. The Hall–Kier alpha value is -3.67. The molecule has 0 spiro atoms. The van der Waals surface area contributed by atoms with E-state index in [2.05, 4.69) is 15.5 Å². The zero-order chi connectivity index (χ0) is 21.0. The number of nitrogens with zero attached hydrogens (tertiary/aromatic N) is 4. The first-order chi connectivity index (χ1) is 13.9. The number of nitrogen functional groups attached to an aromatic ring is 1. The van der Waals surface area contributed by atoms with Crippen LogP contribution in [-0.2, 0) is 4.79 Å². The molecule has 0 aliphatic carbocycles. The molecule has 0 saturated heterocycles. The average Bonchev–Trinajstić information content (AvgIpc) is 3.08. The minimum Gasteiger partial charge on any atom is -0.497 e. The Morgan fingerprint density at radius 1 is 1.31 bits per heavy atom. The van der Waals surface area contributed by atoms with E-state index in [1.54, 1.807) is 31.4 Å². The average molecular weight is 418 g/mol. The molecule has 0 bridgehead atoms. The number of nitro benzene ring substituents is 1. The molecule has 3 N–H and O–H groups in total. The van der Waals surface area contributed by atoms with Crippen LogP contribution in [0.5, 0.6) is 5.75 Å². The predicted octanol–water partition coefficient (Wildman–Crippen LogP) is 2.45. The van der Waals surface area contributed by atoms with E-state index in [9.17, 15) is 19.3 Å². The minimum atomic E-state index is -0.780. The van der Waals surface area contributed by atoms with Crippen molar-refractivity contribution >= 4 is 29.0 Å². The van der Waals surface area contributed by atoms with Crippen molar-refractivity contribution in [3.8, 4) is 17.1 Å². The second kappa shape index (κ2) is 8.56. The van der Waals surface area contributed by atoms with Crippen LogP contribution in [0.4, 0.5) is 15.8 Å². The summed E-state index contributed by atoms with van der Waals surface area (Å²) in [5, 5.41) is 21.3. The third kappa shape index (κ3) is 4.60. The van der Waals surface area contributed by atoms with Gasteiger partial charge in [0, 0.05) is 17.7 Å². The molecule has 0 fully saturated rings. The Balaban J connectivity index is 1.66. The fourth-order valence-corrected chi connectivity index (χ4v) is 3.01. The first kappa shape index (κ1) is 20.1. The number of amides is 1. The Morgan fingerprint density at radius 2 is 2.03 bits per heavy atom. The van der Waals surface area contributed by atoms with Crippen molar-refractivity contribution in [3.05, 3.63) is 58.4 Å². The molecular formula is C17H15FN6O4S. The highest BCUT2D eigenvalue weighted by molar-refractivity contribution is 7.99. The van der Waals surface area contributed by atoms with Gasteiger partial charge in [-0.2, -0.15) is 0 Å². The van der Waals surface area contributed by atoms with Crippen molar-refractivity contribution < 1.29 is 18.8 Å². The molecule has 3 aromatic rings. The van der Waals surface area contributed by atoms with E-state index in [0.29, 0.717) is 17.1 Å². The second-order valence-electron chi connectivity index (χ2n) is 5.66. The van der Waals surface area contributed by atoms with Crippen molar-refractivity contribution in [3.63, 3.8) is 0 Å². The fourth-order valence-electron chi connectivity index (χ4n) is 2.35. The van der Waals surface area contributed by atoms with Crippen molar-refractivity contribution in [2.45, 2.75) is 5.16 Å². The molecule has 1 amide bonds. The Morgan fingerprint density at radius 3 is 2.69 bits per heavy atom. The lowest BCUT2D eigenvalue weighted by atomic mass is 10.2. The van der Waals surface area contributed by atoms with Crippen LogP contribution in [0.25, 0.3) is 11.4 Å². The van der Waals surface area contributed by atoms with E-state index < -0.39 is 16.6 Å². The van der Waals surface area contributed by atoms with Crippen molar-refractivity contribution in [1.82, 2.24) is 14.9 Å². The molecule has 3 rings (SSSR count). The van der Waals surface area contributed by atoms with Crippen molar-refractivity contribution in [2.75, 3.05) is 24.0 Å². The van der Waals surface area contributed by atoms with Crippen LogP contribution >= 0.6 is 11.8 Å². The molecule has 1 aromatic heterocycles. The molecule has 1 heterocycles. The van der Waals surface area contributed by atoms with E-state index in [1.807, 2.05) is 0 Å². The Bertz CT molecular complexity index is 1060. The first-order valence-electron chi connectivity index (χ1n) is 8.10. The molecule has 0 radical (unpaired) electrons. The normalized spacial score (nSPS) is 10.6. The number of ether oxygens (including phenoxy) is 1. The van der Waals surface area contributed by atoms with Gasteiger partial charge in [-0.3, -0.25) is 14.9 Å². The SMILES string of the molecule is COc1ccc(-c2nnc(SCC(=O)Nc3cc([N+](=O)[O-])ccc3F)n2N)cc1. The van der Waals surface area contributed by atoms with Gasteiger partial charge in [-0.1, -0.05) is 11.8 Å². The number of anilines is 1. The molecule has 12 heteroatoms. The molecule has 0 saturated carbocycles. The summed E-state index contributed by atoms with van der Waals surface area (Å²) in [5.74, 6) is 5.55. The highest BCUT2D eigenvalue weighted by Gasteiger charge is 2.16. The van der Waals surface area contributed by atoms with Crippen molar-refractivity contribution in [1.29, 1.82) is 0 Å². The van der Waals surface area contributed by atoms with Gasteiger partial charge in [-0.25, -0.2) is 9.07 Å². The number of aromatic nitrogens is 3. The zero-order valence-corrected chi connectivity index (χ0v) is 15.9. The number of thioether (sulfide) groups is 1. The summed E-state index contributed by atoms with van der Waals surface area (Å²) in [6.45, 7) is 0. The van der Waals surface area contributed by atoms with Gasteiger partial charge in [0.05, 0.1) is 23.5 Å². The van der Waals surface area contributed by atoms with Gasteiger partial charge in [0.1, 0.15) is 11.6 Å². The molecule has 150 valence electrons. The van der Waals surface area contributed by atoms with Crippen LogP contribution in [0.2, 0.25) is 0 Å². The number of carbonyl (C=O) groups is 1. The van der Waals surface area contributed by atoms with Gasteiger partial charge in [-0.05, 0) is 30.3 Å². The maximum absolute atomic E-state index is 13.8. The number of carbonyl (C=O) groups excluding carboxylic acids is 1. The summed E-state index contributed by atoms with van der Waals surface area (Å²) in [6, 6.07) is 9.90. The van der Waals surface area contributed by atoms with Gasteiger partial charge in [0.2, 0.25) is 11.1 Å². The van der Waals surface area contributed by atoms with Crippen LogP contribution < -0.4 is 15.9 Å². The summed E-state index contributed by atoms with van der Waals surface area (Å²) in [4.78, 5) is 22.2. The quantitative estimate of drug-likeness (QED) is 0.258. The largest absolute Gasteiger partial charge is 0.497 e. The van der Waals surface area contributed by atoms with Crippen molar-refractivity contribution in [2.24, 2.45) is 0 Å². The number of nitro groups is 1. The zero-order valence-electron chi connectivity index (χ0n) is 15.0. The minimum absolute atomic E-state index is 0.153. The highest BCUT2D eigenvalue weighted by atomic mass is 32.2. The van der Waals surface area contributed by atoms with Crippen LogP contribution in [0.15, 0.2) is 47.6 Å². The lowest BCUT2D eigenvalue weighted by Crippen LogP contribution is -2.17. The summed E-state index contributed by atoms with van der Waals surface area (Å²) in [5.41, 5.74) is 0.0916. The predicted molar refractivity (Wildman–Crippen MR) is 105 cm³/mol. The molecule has 29 heavy (non-hydrogen) atoms. The van der Waals surface area contributed by atoms with Gasteiger partial charge >= 0.3 is 0 Å². The smallest absolute Gasteiger partial charge is 0.271 e. The molecule has 2 aromatic carbocycles. The van der Waals surface area contributed by atoms with Gasteiger partial charge in [-0.15, -0.1) is 10.2 Å².